The van der Waals surface area contributed by atoms with Crippen LogP contribution in [0, 0.1) is 0 Å². The number of hydrogen-bond acceptors (Lipinski definition) is 28. The molecule has 0 bridgehead atoms. The first-order chi connectivity index (χ1) is 33.4. The molecule has 410 valence electrons. The van der Waals surface area contributed by atoms with E-state index in [9.17, 15) is 101 Å². The molecule has 0 spiro atoms. The fourth-order valence-electron chi connectivity index (χ4n) is 8.93. The van der Waals surface area contributed by atoms with Gasteiger partial charge in [-0.25, -0.2) is 4.79 Å². The lowest BCUT2D eigenvalue weighted by Gasteiger charge is -2.52. The molecule has 5 rings (SSSR count). The van der Waals surface area contributed by atoms with E-state index in [0.717, 1.165) is 20.8 Å². The van der Waals surface area contributed by atoms with E-state index in [1.54, 1.807) is 0 Å². The predicted octanol–water partition coefficient (Wildman–Crippen LogP) is -12.3. The van der Waals surface area contributed by atoms with E-state index in [1.807, 2.05) is 0 Å². The van der Waals surface area contributed by atoms with Gasteiger partial charge in [-0.3, -0.25) is 14.4 Å². The zero-order chi connectivity index (χ0) is 53.0. The minimum atomic E-state index is -3.33. The number of ether oxygens (including phenoxy) is 9. The Bertz CT molecular complexity index is 1780. The van der Waals surface area contributed by atoms with Crippen LogP contribution in [0.15, 0.2) is 0 Å². The van der Waals surface area contributed by atoms with Crippen molar-refractivity contribution >= 4 is 23.7 Å². The van der Waals surface area contributed by atoms with Crippen molar-refractivity contribution in [3.63, 3.8) is 0 Å². The van der Waals surface area contributed by atoms with E-state index in [0.29, 0.717) is 0 Å². The average Bonchev–Trinajstić information content (AvgIpc) is 3.31. The quantitative estimate of drug-likeness (QED) is 0.0571. The zero-order valence-corrected chi connectivity index (χ0v) is 38.1. The Morgan fingerprint density at radius 2 is 1.01 bits per heavy atom. The molecular formula is C39H65N3O29. The number of carbonyl (C=O) groups excluding carboxylic acids is 3. The Balaban J connectivity index is 1.62. The van der Waals surface area contributed by atoms with E-state index in [-0.39, 0.29) is 0 Å². The lowest BCUT2D eigenvalue weighted by atomic mass is 9.88. The summed E-state index contributed by atoms with van der Waals surface area (Å²) in [6, 6.07) is -5.35. The van der Waals surface area contributed by atoms with Crippen LogP contribution < -0.4 is 16.0 Å². The summed E-state index contributed by atoms with van der Waals surface area (Å²) in [5, 5.41) is 179. The number of carboxylic acid groups (broad SMARTS) is 1. The third-order valence-corrected chi connectivity index (χ3v) is 12.5. The van der Waals surface area contributed by atoms with Gasteiger partial charge in [-0.2, -0.15) is 0 Å². The molecular weight excluding hydrogens is 974 g/mol. The van der Waals surface area contributed by atoms with Crippen molar-refractivity contribution in [1.82, 2.24) is 16.0 Å². The van der Waals surface area contributed by atoms with Crippen LogP contribution >= 0.6 is 0 Å². The van der Waals surface area contributed by atoms with E-state index >= 15 is 0 Å². The minimum Gasteiger partial charge on any atom is -0.477 e. The monoisotopic (exact) mass is 1040 g/mol. The Morgan fingerprint density at radius 1 is 0.549 bits per heavy atom. The molecule has 0 aromatic rings. The molecule has 0 saturated carbocycles. The lowest BCUT2D eigenvalue weighted by molar-refractivity contribution is -0.399. The summed E-state index contributed by atoms with van der Waals surface area (Å²) in [4.78, 5) is 50.7. The summed E-state index contributed by atoms with van der Waals surface area (Å²) in [5.74, 6) is -8.09. The highest BCUT2D eigenvalue weighted by atomic mass is 16.8. The maximum Gasteiger partial charge on any atom is 0.364 e. The number of aliphatic hydroxyl groups excluding tert-OH is 15. The summed E-state index contributed by atoms with van der Waals surface area (Å²) < 4.78 is 52.0. The van der Waals surface area contributed by atoms with E-state index < -0.39 is 222 Å². The predicted molar refractivity (Wildman–Crippen MR) is 219 cm³/mol. The lowest BCUT2D eigenvalue weighted by Crippen LogP contribution is -2.72. The van der Waals surface area contributed by atoms with Gasteiger partial charge >= 0.3 is 5.97 Å². The van der Waals surface area contributed by atoms with Gasteiger partial charge in [0.1, 0.15) is 116 Å². The first-order valence-electron chi connectivity index (χ1n) is 22.2. The van der Waals surface area contributed by atoms with Crippen LogP contribution in [0.4, 0.5) is 0 Å². The largest absolute Gasteiger partial charge is 0.477 e. The Kier molecular flexibility index (Phi) is 20.7. The van der Waals surface area contributed by atoms with Gasteiger partial charge in [0.25, 0.3) is 5.79 Å². The van der Waals surface area contributed by atoms with E-state index in [1.165, 1.54) is 0 Å². The fourth-order valence-corrected chi connectivity index (χ4v) is 8.93. The van der Waals surface area contributed by atoms with Crippen LogP contribution in [0.1, 0.15) is 27.2 Å². The number of aliphatic hydroxyl groups is 15. The van der Waals surface area contributed by atoms with Crippen LogP contribution in [0.5, 0.6) is 0 Å². The second-order valence-electron chi connectivity index (χ2n) is 17.6. The molecule has 32 nitrogen and oxygen atoms in total. The molecule has 1 unspecified atom stereocenters. The van der Waals surface area contributed by atoms with Crippen LogP contribution in [-0.4, -0.2) is 297 Å². The van der Waals surface area contributed by atoms with Crippen LogP contribution in [0.3, 0.4) is 0 Å². The normalized spacial score (nSPS) is 45.0. The van der Waals surface area contributed by atoms with Gasteiger partial charge in [-0.1, -0.05) is 0 Å². The summed E-state index contributed by atoms with van der Waals surface area (Å²) >= 11 is 0. The second-order valence-corrected chi connectivity index (χ2v) is 17.6. The maximum atomic E-state index is 13.4. The first kappa shape index (κ1) is 58.8. The zero-order valence-electron chi connectivity index (χ0n) is 38.1. The molecule has 19 N–H and O–H groups in total. The highest BCUT2D eigenvalue weighted by Crippen LogP contribution is 2.40. The number of nitrogens with one attached hydrogen (secondary N) is 3. The smallest absolute Gasteiger partial charge is 0.364 e. The van der Waals surface area contributed by atoms with E-state index in [4.69, 9.17) is 42.6 Å². The summed E-state index contributed by atoms with van der Waals surface area (Å²) in [7, 11) is 0. The summed E-state index contributed by atoms with van der Waals surface area (Å²) in [6.07, 6.45) is -46.4. The third-order valence-electron chi connectivity index (χ3n) is 12.5. The Morgan fingerprint density at radius 3 is 1.55 bits per heavy atom. The van der Waals surface area contributed by atoms with Gasteiger partial charge in [0.15, 0.2) is 25.2 Å². The number of amides is 3. The van der Waals surface area contributed by atoms with Crippen molar-refractivity contribution in [3.05, 3.63) is 0 Å². The number of aliphatic carboxylic acids is 1. The van der Waals surface area contributed by atoms with Crippen molar-refractivity contribution in [2.75, 3.05) is 33.0 Å². The molecule has 5 aliphatic rings. The molecule has 0 aromatic heterocycles. The van der Waals surface area contributed by atoms with Gasteiger partial charge in [-0.05, 0) is 0 Å². The van der Waals surface area contributed by atoms with Gasteiger partial charge in [0.05, 0.1) is 45.2 Å². The molecule has 0 aromatic carbocycles. The molecule has 71 heavy (non-hydrogen) atoms. The van der Waals surface area contributed by atoms with Crippen molar-refractivity contribution < 1.29 is 144 Å². The van der Waals surface area contributed by atoms with Crippen molar-refractivity contribution in [2.24, 2.45) is 0 Å². The highest BCUT2D eigenvalue weighted by Gasteiger charge is 2.62. The molecule has 5 heterocycles. The van der Waals surface area contributed by atoms with Crippen LogP contribution in [0.25, 0.3) is 0 Å². The third kappa shape index (κ3) is 12.9. The molecule has 5 saturated heterocycles. The maximum absolute atomic E-state index is 13.4. The minimum absolute atomic E-state index is 0.851. The van der Waals surface area contributed by atoms with Gasteiger partial charge < -0.3 is 140 Å². The van der Waals surface area contributed by atoms with Crippen LogP contribution in [-0.2, 0) is 61.8 Å². The van der Waals surface area contributed by atoms with Gasteiger partial charge in [0, 0.05) is 27.2 Å². The molecule has 0 radical (unpaired) electrons. The van der Waals surface area contributed by atoms with Crippen LogP contribution in [0.2, 0.25) is 0 Å². The SMILES string of the molecule is CC(=O)N[C@H]1[C@H](O[C@@H]2[C@H](O[C@]3(C(=O)O)C[C@H](O)[C@@H](NC(C)=O)[C@H]([C@H](O)[C@H](O)CO)O3)[C@@H](O)[C@H](O[C@H]3[C@@H](O)[C@@H](CO)O[C@H](O[C@H]4[C@@H](O)[C@@H](CO)OC(O)[C@@H]4O)[C@@H]3NC(C)=O)O[C@@H]2CO)O[C@H](CO)[C@H](O)[C@@H]1O. The number of carbonyl (C=O) groups is 4. The molecule has 5 fully saturated rings. The molecule has 3 amide bonds. The van der Waals surface area contributed by atoms with Crippen molar-refractivity contribution in [1.29, 1.82) is 0 Å². The number of rotatable bonds is 19. The topological polar surface area (TPSA) is 511 Å². The second kappa shape index (κ2) is 25.0. The number of hydrogen-bond donors (Lipinski definition) is 19. The van der Waals surface area contributed by atoms with Gasteiger partial charge in [0.2, 0.25) is 17.7 Å². The summed E-state index contributed by atoms with van der Waals surface area (Å²) in [6.45, 7) is -2.44. The molecule has 5 aliphatic heterocycles. The molecule has 0 aliphatic carbocycles. The Hall–Kier alpha value is -3.08. The fraction of sp³-hybridized carbons (Fsp3) is 0.897. The highest BCUT2D eigenvalue weighted by molar-refractivity contribution is 5.77. The summed E-state index contributed by atoms with van der Waals surface area (Å²) in [5.41, 5.74) is 0. The standard InChI is InChI=1S/C39H65N3O29/c1-10(48)40-19-13(51)4-39(38(61)62,70-31(19)22(53)14(52)5-43)71-33-28(59)37(66-18(9-47)29(33)67-35-20(41-11(2)49)26(57)23(54)15(6-44)64-35)68-30-21(42-12(3)50)36(65-17(8-46)24(30)55)69-32-25(56)16(7-45)63-34(60)27(32)58/h13-37,43-47,51-60H,4-9H2,1-3H3,(H,40,48)(H,41,49)(H,42,50)(H,61,62)/t13-,14+,15+,16+,17+,18+,19+,20+,21+,22+,23-,24-,25-,26+,27+,28+,29-,30+,31+,32-,33+,34?,35-,36+,37-,39-/m0/s1. The van der Waals surface area contributed by atoms with Crippen molar-refractivity contribution in [3.8, 4) is 0 Å². The van der Waals surface area contributed by atoms with Crippen molar-refractivity contribution in [2.45, 2.75) is 186 Å². The molecule has 32 heteroatoms. The first-order valence-corrected chi connectivity index (χ1v) is 22.2. The molecule has 26 atom stereocenters. The Labute approximate surface area is 402 Å². The average molecular weight is 1040 g/mol. The van der Waals surface area contributed by atoms with Gasteiger partial charge in [-0.15, -0.1) is 0 Å². The van der Waals surface area contributed by atoms with E-state index in [2.05, 4.69) is 16.0 Å². The number of carboxylic acids is 1.